The van der Waals surface area contributed by atoms with Gasteiger partial charge in [-0.2, -0.15) is 0 Å². The van der Waals surface area contributed by atoms with Crippen LogP contribution < -0.4 is 10.5 Å². The van der Waals surface area contributed by atoms with Crippen molar-refractivity contribution in [3.63, 3.8) is 0 Å². The first-order valence-electron chi connectivity index (χ1n) is 13.2. The molecule has 2 atom stereocenters. The number of aliphatic carboxylic acids is 1. The lowest BCUT2D eigenvalue weighted by Crippen LogP contribution is -2.54. The van der Waals surface area contributed by atoms with Gasteiger partial charge < -0.3 is 19.6 Å². The number of halogens is 1. The van der Waals surface area contributed by atoms with E-state index in [9.17, 15) is 19.5 Å². The van der Waals surface area contributed by atoms with Crippen LogP contribution in [-0.2, 0) is 20.9 Å². The van der Waals surface area contributed by atoms with E-state index in [1.54, 1.807) is 33.7 Å². The van der Waals surface area contributed by atoms with E-state index < -0.39 is 18.1 Å². The number of hydrogen-bond acceptors (Lipinski definition) is 6. The Hall–Kier alpha value is -3.37. The summed E-state index contributed by atoms with van der Waals surface area (Å²) in [7, 11) is 0. The fourth-order valence-corrected chi connectivity index (χ4v) is 5.45. The molecular formula is C27H32ClN5O5. The number of hydrogen-bond donors (Lipinski definition) is 1. The standard InChI is InChI=1S/C27H32ClN5O5/c1-2-3-4-11-32-23(15-24(34)33-16-20(29-27(32)33)18-7-9-19(28)10-8-18)31-12-5-6-21(31)25(35)30-13-14-38-22(17-30)26(36)37/h7-10,15-16,21-22H,2-6,11-14,17H2,1H3,(H,36,37)/t21-,22+/m0/s1. The lowest BCUT2D eigenvalue weighted by Gasteiger charge is -2.36. The molecule has 0 bridgehead atoms. The molecule has 2 aromatic heterocycles. The van der Waals surface area contributed by atoms with Crippen molar-refractivity contribution < 1.29 is 19.4 Å². The zero-order valence-corrected chi connectivity index (χ0v) is 22.1. The monoisotopic (exact) mass is 541 g/mol. The molecule has 38 heavy (non-hydrogen) atoms. The summed E-state index contributed by atoms with van der Waals surface area (Å²) in [6.07, 6.45) is 5.11. The van der Waals surface area contributed by atoms with Crippen LogP contribution in [0, 0.1) is 0 Å². The third kappa shape index (κ3) is 5.15. The van der Waals surface area contributed by atoms with Crippen LogP contribution in [0.2, 0.25) is 5.02 Å². The molecule has 202 valence electrons. The van der Waals surface area contributed by atoms with Crippen LogP contribution in [0.15, 0.2) is 41.3 Å². The van der Waals surface area contributed by atoms with Crippen molar-refractivity contribution in [3.8, 4) is 11.3 Å². The van der Waals surface area contributed by atoms with Gasteiger partial charge in [-0.1, -0.05) is 43.5 Å². The third-order valence-corrected chi connectivity index (χ3v) is 7.56. The minimum atomic E-state index is -1.07. The molecule has 2 aliphatic rings. The van der Waals surface area contributed by atoms with Gasteiger partial charge in [0.15, 0.2) is 6.10 Å². The van der Waals surface area contributed by atoms with Crippen molar-refractivity contribution in [1.82, 2.24) is 18.9 Å². The van der Waals surface area contributed by atoms with Gasteiger partial charge >= 0.3 is 5.97 Å². The molecule has 2 saturated heterocycles. The number of benzene rings is 1. The molecule has 0 spiro atoms. The van der Waals surface area contributed by atoms with Crippen LogP contribution in [-0.4, -0.2) is 74.2 Å². The van der Waals surface area contributed by atoms with E-state index >= 15 is 0 Å². The molecule has 2 aliphatic heterocycles. The van der Waals surface area contributed by atoms with Gasteiger partial charge in [0.25, 0.3) is 5.56 Å². The lowest BCUT2D eigenvalue weighted by molar-refractivity contribution is -0.159. The first-order valence-corrected chi connectivity index (χ1v) is 13.5. The lowest BCUT2D eigenvalue weighted by atomic mass is 10.1. The summed E-state index contributed by atoms with van der Waals surface area (Å²) >= 11 is 6.06. The molecular weight excluding hydrogens is 510 g/mol. The molecule has 1 amide bonds. The number of anilines is 1. The Bertz CT molecular complexity index is 1380. The molecule has 0 unspecified atom stereocenters. The molecule has 2 fully saturated rings. The zero-order chi connectivity index (χ0) is 26.8. The van der Waals surface area contributed by atoms with E-state index in [0.717, 1.165) is 31.2 Å². The van der Waals surface area contributed by atoms with Gasteiger partial charge in [-0.05, 0) is 31.4 Å². The number of carboxylic acid groups (broad SMARTS) is 1. The number of carbonyl (C=O) groups is 2. The summed E-state index contributed by atoms with van der Waals surface area (Å²) in [5, 5.41) is 10.00. The average molecular weight is 542 g/mol. The van der Waals surface area contributed by atoms with Gasteiger partial charge in [0.1, 0.15) is 11.9 Å². The number of aryl methyl sites for hydroxylation is 1. The summed E-state index contributed by atoms with van der Waals surface area (Å²) in [6, 6.07) is 8.45. The molecule has 0 aliphatic carbocycles. The highest BCUT2D eigenvalue weighted by Crippen LogP contribution is 2.29. The normalized spacial score (nSPS) is 19.8. The number of amides is 1. The van der Waals surface area contributed by atoms with Crippen molar-refractivity contribution in [3.05, 3.63) is 51.9 Å². The number of fused-ring (bicyclic) bond motifs is 1. The molecule has 11 heteroatoms. The van der Waals surface area contributed by atoms with Crippen LogP contribution in [0.25, 0.3) is 17.0 Å². The van der Waals surface area contributed by atoms with Crippen molar-refractivity contribution in [2.24, 2.45) is 0 Å². The molecule has 1 N–H and O–H groups in total. The Kier molecular flexibility index (Phi) is 7.71. The second-order valence-corrected chi connectivity index (χ2v) is 10.3. The topological polar surface area (TPSA) is 109 Å². The highest BCUT2D eigenvalue weighted by Gasteiger charge is 2.38. The highest BCUT2D eigenvalue weighted by molar-refractivity contribution is 6.30. The Labute approximate surface area is 225 Å². The fourth-order valence-electron chi connectivity index (χ4n) is 5.32. The van der Waals surface area contributed by atoms with Crippen LogP contribution in [0.1, 0.15) is 39.0 Å². The Morgan fingerprint density at radius 2 is 1.97 bits per heavy atom. The summed E-state index contributed by atoms with van der Waals surface area (Å²) in [5.74, 6) is 0.00110. The van der Waals surface area contributed by atoms with Gasteiger partial charge in [0.2, 0.25) is 11.7 Å². The largest absolute Gasteiger partial charge is 0.479 e. The summed E-state index contributed by atoms with van der Waals surface area (Å²) in [4.78, 5) is 46.8. The van der Waals surface area contributed by atoms with Crippen LogP contribution in [0.3, 0.4) is 0 Å². The van der Waals surface area contributed by atoms with Gasteiger partial charge in [0.05, 0.1) is 18.8 Å². The number of aromatic nitrogens is 3. The smallest absolute Gasteiger partial charge is 0.334 e. The van der Waals surface area contributed by atoms with Crippen molar-refractivity contribution in [2.45, 2.75) is 57.7 Å². The fraction of sp³-hybridized carbons (Fsp3) is 0.481. The number of imidazole rings is 1. The highest BCUT2D eigenvalue weighted by atomic mass is 35.5. The van der Waals surface area contributed by atoms with Crippen LogP contribution in [0.4, 0.5) is 5.82 Å². The predicted octanol–water partition coefficient (Wildman–Crippen LogP) is 3.29. The van der Waals surface area contributed by atoms with E-state index in [1.807, 2.05) is 21.6 Å². The van der Waals surface area contributed by atoms with E-state index in [0.29, 0.717) is 48.4 Å². The average Bonchev–Trinajstić information content (AvgIpc) is 3.58. The van der Waals surface area contributed by atoms with E-state index in [4.69, 9.17) is 21.3 Å². The van der Waals surface area contributed by atoms with Crippen molar-refractivity contribution >= 4 is 35.1 Å². The summed E-state index contributed by atoms with van der Waals surface area (Å²) in [5.41, 5.74) is 1.31. The van der Waals surface area contributed by atoms with Gasteiger partial charge in [-0.3, -0.25) is 18.6 Å². The first kappa shape index (κ1) is 26.2. The second-order valence-electron chi connectivity index (χ2n) is 9.84. The van der Waals surface area contributed by atoms with Gasteiger partial charge in [-0.15, -0.1) is 0 Å². The Morgan fingerprint density at radius 1 is 1.18 bits per heavy atom. The molecule has 4 heterocycles. The SMILES string of the molecule is CCCCCn1c(N2CCC[C@H]2C(=O)N2CCO[C@@H](C(=O)O)C2)cc(=O)n2cc(-c3ccc(Cl)cc3)nc12. The van der Waals surface area contributed by atoms with E-state index in [2.05, 4.69) is 6.92 Å². The number of rotatable bonds is 8. The van der Waals surface area contributed by atoms with Crippen LogP contribution >= 0.6 is 11.6 Å². The number of ether oxygens (including phenoxy) is 1. The van der Waals surface area contributed by atoms with Crippen molar-refractivity contribution in [1.29, 1.82) is 0 Å². The molecule has 3 aromatic rings. The zero-order valence-electron chi connectivity index (χ0n) is 21.4. The summed E-state index contributed by atoms with van der Waals surface area (Å²) in [6.45, 7) is 3.96. The first-order chi connectivity index (χ1) is 18.4. The van der Waals surface area contributed by atoms with Crippen molar-refractivity contribution in [2.75, 3.05) is 31.1 Å². The Morgan fingerprint density at radius 3 is 2.71 bits per heavy atom. The minimum absolute atomic E-state index is 0.0194. The molecule has 0 saturated carbocycles. The number of nitrogens with zero attached hydrogens (tertiary/aromatic N) is 5. The Balaban J connectivity index is 1.53. The molecule has 10 nitrogen and oxygen atoms in total. The molecule has 5 rings (SSSR count). The number of carboxylic acids is 1. The van der Waals surface area contributed by atoms with E-state index in [-0.39, 0.29) is 24.6 Å². The quantitative estimate of drug-likeness (QED) is 0.436. The molecule has 0 radical (unpaired) electrons. The number of unbranched alkanes of at least 4 members (excludes halogenated alkanes) is 2. The number of carbonyl (C=O) groups excluding carboxylic acids is 1. The van der Waals surface area contributed by atoms with Gasteiger partial charge in [0, 0.05) is 42.5 Å². The minimum Gasteiger partial charge on any atom is -0.479 e. The predicted molar refractivity (Wildman–Crippen MR) is 144 cm³/mol. The summed E-state index contributed by atoms with van der Waals surface area (Å²) < 4.78 is 8.91. The second kappa shape index (κ2) is 11.2. The maximum Gasteiger partial charge on any atom is 0.334 e. The molecule has 1 aromatic carbocycles. The maximum atomic E-state index is 13.6. The van der Waals surface area contributed by atoms with E-state index in [1.165, 1.54) is 0 Å². The van der Waals surface area contributed by atoms with Crippen LogP contribution in [0.5, 0.6) is 0 Å². The number of morpholine rings is 1. The maximum absolute atomic E-state index is 13.6. The van der Waals surface area contributed by atoms with Gasteiger partial charge in [-0.25, -0.2) is 9.78 Å². The third-order valence-electron chi connectivity index (χ3n) is 7.31.